The molecule has 154 valence electrons. The summed E-state index contributed by atoms with van der Waals surface area (Å²) in [5.41, 5.74) is 4.11. The van der Waals surface area contributed by atoms with Crippen molar-refractivity contribution in [3.8, 4) is 11.3 Å². The van der Waals surface area contributed by atoms with Crippen molar-refractivity contribution in [2.75, 3.05) is 5.32 Å². The fourth-order valence-electron chi connectivity index (χ4n) is 3.65. The first-order valence-electron chi connectivity index (χ1n) is 9.89. The number of rotatable bonds is 6. The minimum Gasteiger partial charge on any atom is -0.464 e. The summed E-state index contributed by atoms with van der Waals surface area (Å²) >= 11 is 0. The Balaban J connectivity index is 1.33. The summed E-state index contributed by atoms with van der Waals surface area (Å²) in [5.74, 6) is 0.541. The lowest BCUT2D eigenvalue weighted by Gasteiger charge is -2.05. The number of aromatic nitrogens is 5. The van der Waals surface area contributed by atoms with Gasteiger partial charge in [-0.1, -0.05) is 30.3 Å². The number of hydrogen-bond acceptors (Lipinski definition) is 5. The zero-order chi connectivity index (χ0) is 21.2. The van der Waals surface area contributed by atoms with Gasteiger partial charge in [0, 0.05) is 18.0 Å². The number of pyridine rings is 1. The summed E-state index contributed by atoms with van der Waals surface area (Å²) in [6, 6.07) is 15.7. The van der Waals surface area contributed by atoms with Gasteiger partial charge in [-0.05, 0) is 30.7 Å². The third kappa shape index (κ3) is 3.83. The third-order valence-corrected chi connectivity index (χ3v) is 4.99. The minimum absolute atomic E-state index is 0.0445. The van der Waals surface area contributed by atoms with E-state index >= 15 is 0 Å². The fraction of sp³-hybridized carbons (Fsp3) is 0.130. The first-order chi connectivity index (χ1) is 15.2. The van der Waals surface area contributed by atoms with E-state index in [1.807, 2.05) is 61.7 Å². The van der Waals surface area contributed by atoms with E-state index in [0.29, 0.717) is 17.9 Å². The summed E-state index contributed by atoms with van der Waals surface area (Å²) < 4.78 is 8.94. The lowest BCUT2D eigenvalue weighted by Crippen LogP contribution is -2.19. The Morgan fingerprint density at radius 3 is 2.81 bits per heavy atom. The Morgan fingerprint density at radius 1 is 1.13 bits per heavy atom. The molecule has 0 atom stereocenters. The van der Waals surface area contributed by atoms with Gasteiger partial charge in [0.2, 0.25) is 5.91 Å². The monoisotopic (exact) mass is 412 g/mol. The minimum atomic E-state index is -0.200. The smallest absolute Gasteiger partial charge is 0.246 e. The van der Waals surface area contributed by atoms with Crippen LogP contribution in [0, 0.1) is 6.92 Å². The second-order valence-electron chi connectivity index (χ2n) is 7.24. The van der Waals surface area contributed by atoms with E-state index in [1.54, 1.807) is 28.0 Å². The van der Waals surface area contributed by atoms with Crippen molar-refractivity contribution in [1.82, 2.24) is 24.5 Å². The number of carbonyl (C=O) groups is 1. The van der Waals surface area contributed by atoms with Crippen molar-refractivity contribution in [1.29, 1.82) is 0 Å². The van der Waals surface area contributed by atoms with Gasteiger partial charge < -0.3 is 9.73 Å². The number of benzene rings is 1. The van der Waals surface area contributed by atoms with Crippen molar-refractivity contribution >= 4 is 22.6 Å². The second kappa shape index (κ2) is 7.91. The first kappa shape index (κ1) is 18.8. The van der Waals surface area contributed by atoms with Gasteiger partial charge in [0.1, 0.15) is 12.3 Å². The van der Waals surface area contributed by atoms with Crippen LogP contribution in [0.4, 0.5) is 5.69 Å². The Bertz CT molecular complexity index is 1340. The predicted molar refractivity (Wildman–Crippen MR) is 116 cm³/mol. The standard InChI is InChI=1S/C23H20N6O2/c1-16-22-19(20-8-5-11-31-20)9-10-24-23(22)29(27-16)15-21(30)26-18-12-25-28(14-18)13-17-6-3-2-4-7-17/h2-12,14H,13,15H2,1H3,(H,26,30). The Kier molecular flexibility index (Phi) is 4.80. The Morgan fingerprint density at radius 2 is 2.00 bits per heavy atom. The quantitative estimate of drug-likeness (QED) is 0.457. The second-order valence-corrected chi connectivity index (χ2v) is 7.24. The summed E-state index contributed by atoms with van der Waals surface area (Å²) in [7, 11) is 0. The normalized spacial score (nSPS) is 11.1. The molecule has 8 nitrogen and oxygen atoms in total. The maximum Gasteiger partial charge on any atom is 0.246 e. The van der Waals surface area contributed by atoms with Crippen molar-refractivity contribution in [3.05, 3.63) is 84.6 Å². The number of anilines is 1. The average Bonchev–Trinajstić information content (AvgIpc) is 3.51. The molecule has 0 fully saturated rings. The van der Waals surface area contributed by atoms with E-state index in [0.717, 1.165) is 28.0 Å². The molecule has 5 aromatic rings. The van der Waals surface area contributed by atoms with E-state index < -0.39 is 0 Å². The summed E-state index contributed by atoms with van der Waals surface area (Å²) in [6.45, 7) is 2.58. The SMILES string of the molecule is Cc1nn(CC(=O)Nc2cnn(Cc3ccccc3)c2)c2nccc(-c3ccco3)c12. The first-order valence-corrected chi connectivity index (χ1v) is 9.89. The number of amides is 1. The van der Waals surface area contributed by atoms with Crippen molar-refractivity contribution in [2.45, 2.75) is 20.0 Å². The van der Waals surface area contributed by atoms with Gasteiger partial charge in [-0.3, -0.25) is 9.48 Å². The molecule has 5 rings (SSSR count). The molecule has 0 saturated carbocycles. The summed E-state index contributed by atoms with van der Waals surface area (Å²) in [4.78, 5) is 17.1. The van der Waals surface area contributed by atoms with E-state index in [-0.39, 0.29) is 12.5 Å². The van der Waals surface area contributed by atoms with Crippen molar-refractivity contribution in [2.24, 2.45) is 0 Å². The fourth-order valence-corrected chi connectivity index (χ4v) is 3.65. The molecule has 31 heavy (non-hydrogen) atoms. The van der Waals surface area contributed by atoms with Crippen LogP contribution in [-0.4, -0.2) is 30.5 Å². The number of nitrogens with zero attached hydrogens (tertiary/aromatic N) is 5. The van der Waals surface area contributed by atoms with E-state index in [9.17, 15) is 4.79 Å². The number of hydrogen-bond donors (Lipinski definition) is 1. The number of nitrogens with one attached hydrogen (secondary N) is 1. The Hall–Kier alpha value is -4.20. The topological polar surface area (TPSA) is 90.8 Å². The molecule has 4 heterocycles. The number of fused-ring (bicyclic) bond motifs is 1. The molecule has 1 amide bonds. The van der Waals surface area contributed by atoms with Gasteiger partial charge in [0.05, 0.1) is 35.8 Å². The van der Waals surface area contributed by atoms with E-state index in [2.05, 4.69) is 20.5 Å². The number of aryl methyl sites for hydroxylation is 1. The maximum absolute atomic E-state index is 12.7. The molecule has 0 radical (unpaired) electrons. The molecule has 1 aromatic carbocycles. The highest BCUT2D eigenvalue weighted by Gasteiger charge is 2.17. The molecule has 0 aliphatic heterocycles. The highest BCUT2D eigenvalue weighted by atomic mass is 16.3. The molecule has 0 bridgehead atoms. The van der Waals surface area contributed by atoms with Crippen LogP contribution < -0.4 is 5.32 Å². The van der Waals surface area contributed by atoms with E-state index in [1.165, 1.54) is 0 Å². The van der Waals surface area contributed by atoms with Crippen LogP contribution in [-0.2, 0) is 17.9 Å². The van der Waals surface area contributed by atoms with Gasteiger partial charge in [-0.25, -0.2) is 9.67 Å². The Labute approximate surface area is 178 Å². The third-order valence-electron chi connectivity index (χ3n) is 4.99. The molecular formula is C23H20N6O2. The maximum atomic E-state index is 12.7. The van der Waals surface area contributed by atoms with Gasteiger partial charge in [0.15, 0.2) is 5.65 Å². The summed E-state index contributed by atoms with van der Waals surface area (Å²) in [5, 5.41) is 12.6. The van der Waals surface area contributed by atoms with Crippen LogP contribution in [0.3, 0.4) is 0 Å². The van der Waals surface area contributed by atoms with E-state index in [4.69, 9.17) is 4.42 Å². The number of furan rings is 1. The average molecular weight is 412 g/mol. The summed E-state index contributed by atoms with van der Waals surface area (Å²) in [6.07, 6.45) is 6.78. The van der Waals surface area contributed by atoms with Gasteiger partial charge >= 0.3 is 0 Å². The lowest BCUT2D eigenvalue weighted by atomic mass is 10.1. The largest absolute Gasteiger partial charge is 0.464 e. The lowest BCUT2D eigenvalue weighted by molar-refractivity contribution is -0.116. The van der Waals surface area contributed by atoms with Crippen LogP contribution in [0.15, 0.2) is 77.8 Å². The van der Waals surface area contributed by atoms with Crippen LogP contribution in [0.5, 0.6) is 0 Å². The molecule has 8 heteroatoms. The van der Waals surface area contributed by atoms with Crippen LogP contribution in [0.2, 0.25) is 0 Å². The zero-order valence-corrected chi connectivity index (χ0v) is 16.9. The molecule has 0 unspecified atom stereocenters. The highest BCUT2D eigenvalue weighted by molar-refractivity contribution is 5.95. The van der Waals surface area contributed by atoms with Crippen molar-refractivity contribution < 1.29 is 9.21 Å². The number of carbonyl (C=O) groups excluding carboxylic acids is 1. The van der Waals surface area contributed by atoms with Crippen molar-refractivity contribution in [3.63, 3.8) is 0 Å². The molecule has 1 N–H and O–H groups in total. The van der Waals surface area contributed by atoms with Gasteiger partial charge in [-0.2, -0.15) is 10.2 Å². The molecule has 0 saturated heterocycles. The van der Waals surface area contributed by atoms with Crippen LogP contribution >= 0.6 is 0 Å². The molecule has 4 aromatic heterocycles. The molecule has 0 aliphatic carbocycles. The highest BCUT2D eigenvalue weighted by Crippen LogP contribution is 2.30. The predicted octanol–water partition coefficient (Wildman–Crippen LogP) is 3.88. The molecular weight excluding hydrogens is 392 g/mol. The zero-order valence-electron chi connectivity index (χ0n) is 16.9. The van der Waals surface area contributed by atoms with Crippen LogP contribution in [0.1, 0.15) is 11.3 Å². The van der Waals surface area contributed by atoms with Gasteiger partial charge in [-0.15, -0.1) is 0 Å². The van der Waals surface area contributed by atoms with Gasteiger partial charge in [0.25, 0.3) is 0 Å². The molecule has 0 aliphatic rings. The van der Waals surface area contributed by atoms with Crippen LogP contribution in [0.25, 0.3) is 22.4 Å². The molecule has 0 spiro atoms.